The second kappa shape index (κ2) is 9.61. The number of nitrogens with zero attached hydrogens (tertiary/aromatic N) is 5. The second-order valence-corrected chi connectivity index (χ2v) is 10.0. The summed E-state index contributed by atoms with van der Waals surface area (Å²) in [5.74, 6) is 1.46. The average molecular weight is 433 g/mol. The second-order valence-electron chi connectivity index (χ2n) is 7.89. The van der Waals surface area contributed by atoms with E-state index in [1.54, 1.807) is 12.1 Å². The summed E-state index contributed by atoms with van der Waals surface area (Å²) in [4.78, 5) is 11.6. The molecule has 1 N–H and O–H groups in total. The minimum absolute atomic E-state index is 0.292. The zero-order valence-corrected chi connectivity index (χ0v) is 19.0. The van der Waals surface area contributed by atoms with Crippen LogP contribution in [0, 0.1) is 5.92 Å². The summed E-state index contributed by atoms with van der Waals surface area (Å²) in [5.41, 5.74) is 0.972. The van der Waals surface area contributed by atoms with Crippen LogP contribution in [0.5, 0.6) is 0 Å². The third-order valence-electron chi connectivity index (χ3n) is 5.57. The largest absolute Gasteiger partial charge is 0.357 e. The molecule has 2 heterocycles. The SMILES string of the molecule is CCNC(=NCc1ccc(S(=O)(=O)N(C)C)cc1)N1CCC(C)C(n2ccnc2)C1. The van der Waals surface area contributed by atoms with E-state index in [1.165, 1.54) is 18.4 Å². The fourth-order valence-electron chi connectivity index (χ4n) is 3.66. The lowest BCUT2D eigenvalue weighted by molar-refractivity contribution is 0.189. The van der Waals surface area contributed by atoms with Crippen molar-refractivity contribution in [2.75, 3.05) is 33.7 Å². The van der Waals surface area contributed by atoms with E-state index < -0.39 is 10.0 Å². The van der Waals surface area contributed by atoms with Gasteiger partial charge in [0.15, 0.2) is 5.96 Å². The van der Waals surface area contributed by atoms with E-state index in [-0.39, 0.29) is 0 Å². The van der Waals surface area contributed by atoms with Crippen molar-refractivity contribution in [2.24, 2.45) is 10.9 Å². The van der Waals surface area contributed by atoms with E-state index in [2.05, 4.69) is 33.6 Å². The molecule has 3 rings (SSSR count). The quantitative estimate of drug-likeness (QED) is 0.559. The van der Waals surface area contributed by atoms with Crippen molar-refractivity contribution in [2.45, 2.75) is 37.8 Å². The van der Waals surface area contributed by atoms with Crippen LogP contribution in [0.2, 0.25) is 0 Å². The highest BCUT2D eigenvalue weighted by Crippen LogP contribution is 2.27. The maximum absolute atomic E-state index is 12.2. The first-order chi connectivity index (χ1) is 14.3. The Morgan fingerprint density at radius 1 is 1.30 bits per heavy atom. The van der Waals surface area contributed by atoms with Gasteiger partial charge in [-0.3, -0.25) is 0 Å². The van der Waals surface area contributed by atoms with Gasteiger partial charge in [-0.25, -0.2) is 22.7 Å². The van der Waals surface area contributed by atoms with Crippen LogP contribution in [0.4, 0.5) is 0 Å². The smallest absolute Gasteiger partial charge is 0.242 e. The minimum atomic E-state index is -3.41. The first-order valence-electron chi connectivity index (χ1n) is 10.3. The van der Waals surface area contributed by atoms with E-state index in [0.29, 0.717) is 23.4 Å². The molecule has 30 heavy (non-hydrogen) atoms. The molecule has 9 heteroatoms. The van der Waals surface area contributed by atoms with Crippen molar-refractivity contribution in [3.05, 3.63) is 48.5 Å². The summed E-state index contributed by atoms with van der Waals surface area (Å²) in [6.07, 6.45) is 6.83. The number of imidazole rings is 1. The molecule has 1 saturated heterocycles. The number of sulfonamides is 1. The normalized spacial score (nSPS) is 20.6. The predicted octanol–water partition coefficient (Wildman–Crippen LogP) is 2.18. The highest BCUT2D eigenvalue weighted by molar-refractivity contribution is 7.89. The number of piperidine rings is 1. The number of benzene rings is 1. The van der Waals surface area contributed by atoms with E-state index in [1.807, 2.05) is 30.9 Å². The number of nitrogens with one attached hydrogen (secondary N) is 1. The molecule has 0 spiro atoms. The van der Waals surface area contributed by atoms with Gasteiger partial charge in [0, 0.05) is 46.1 Å². The molecule has 2 atom stereocenters. The zero-order valence-electron chi connectivity index (χ0n) is 18.2. The van der Waals surface area contributed by atoms with E-state index >= 15 is 0 Å². The summed E-state index contributed by atoms with van der Waals surface area (Å²) >= 11 is 0. The Hall–Kier alpha value is -2.39. The molecular formula is C21H32N6O2S. The van der Waals surface area contributed by atoms with Gasteiger partial charge in [-0.15, -0.1) is 0 Å². The van der Waals surface area contributed by atoms with Gasteiger partial charge in [0.1, 0.15) is 0 Å². The molecule has 1 aromatic heterocycles. The Kier molecular flexibility index (Phi) is 7.14. The Morgan fingerprint density at radius 3 is 2.63 bits per heavy atom. The third kappa shape index (κ3) is 5.02. The topological polar surface area (TPSA) is 82.8 Å². The van der Waals surface area contributed by atoms with Gasteiger partial charge in [0.25, 0.3) is 0 Å². The number of rotatable bonds is 6. The van der Waals surface area contributed by atoms with Crippen LogP contribution in [0.1, 0.15) is 31.9 Å². The van der Waals surface area contributed by atoms with Crippen LogP contribution in [-0.2, 0) is 16.6 Å². The molecule has 0 aliphatic carbocycles. The van der Waals surface area contributed by atoms with Crippen molar-refractivity contribution < 1.29 is 8.42 Å². The number of hydrogen-bond acceptors (Lipinski definition) is 4. The van der Waals surface area contributed by atoms with Crippen LogP contribution in [-0.4, -0.2) is 66.9 Å². The minimum Gasteiger partial charge on any atom is -0.357 e. The van der Waals surface area contributed by atoms with Crippen molar-refractivity contribution in [3.63, 3.8) is 0 Å². The predicted molar refractivity (Wildman–Crippen MR) is 119 cm³/mol. The molecule has 1 fully saturated rings. The molecule has 0 radical (unpaired) electrons. The van der Waals surface area contributed by atoms with Crippen molar-refractivity contribution >= 4 is 16.0 Å². The Balaban J connectivity index is 1.73. The number of hydrogen-bond donors (Lipinski definition) is 1. The van der Waals surface area contributed by atoms with Gasteiger partial charge in [-0.05, 0) is 37.0 Å². The third-order valence-corrected chi connectivity index (χ3v) is 7.40. The maximum atomic E-state index is 12.2. The number of guanidine groups is 1. The van der Waals surface area contributed by atoms with Gasteiger partial charge >= 0.3 is 0 Å². The molecule has 2 unspecified atom stereocenters. The summed E-state index contributed by atoms with van der Waals surface area (Å²) < 4.78 is 27.9. The lowest BCUT2D eigenvalue weighted by Gasteiger charge is -2.39. The Morgan fingerprint density at radius 2 is 2.03 bits per heavy atom. The van der Waals surface area contributed by atoms with Crippen LogP contribution in [0.15, 0.2) is 52.9 Å². The highest BCUT2D eigenvalue weighted by atomic mass is 32.2. The molecule has 1 aliphatic heterocycles. The van der Waals surface area contributed by atoms with Crippen LogP contribution < -0.4 is 5.32 Å². The van der Waals surface area contributed by atoms with E-state index in [0.717, 1.165) is 37.6 Å². The molecular weight excluding hydrogens is 400 g/mol. The first-order valence-corrected chi connectivity index (χ1v) is 11.8. The fraction of sp³-hybridized carbons (Fsp3) is 0.524. The number of likely N-dealkylation sites (tertiary alicyclic amines) is 1. The van der Waals surface area contributed by atoms with Crippen LogP contribution >= 0.6 is 0 Å². The molecule has 2 aromatic rings. The number of aliphatic imine (C=N–C) groups is 1. The lowest BCUT2D eigenvalue weighted by Crippen LogP contribution is -2.49. The Labute approximate surface area is 179 Å². The zero-order chi connectivity index (χ0) is 21.7. The summed E-state index contributed by atoms with van der Waals surface area (Å²) in [6.45, 7) is 7.47. The standard InChI is InChI=1S/C21H32N6O2S/c1-5-23-21(26-12-10-17(2)20(15-26)27-13-11-22-16-27)24-14-18-6-8-19(9-7-18)30(28,29)25(3)4/h6-9,11,13,16-17,20H,5,10,12,14-15H2,1-4H3,(H,23,24). The van der Waals surface area contributed by atoms with Crippen LogP contribution in [0.3, 0.4) is 0 Å². The van der Waals surface area contributed by atoms with Gasteiger partial charge in [0.05, 0.1) is 23.8 Å². The monoisotopic (exact) mass is 432 g/mol. The fourth-order valence-corrected chi connectivity index (χ4v) is 4.57. The van der Waals surface area contributed by atoms with Gasteiger partial charge in [-0.1, -0.05) is 19.1 Å². The maximum Gasteiger partial charge on any atom is 0.242 e. The van der Waals surface area contributed by atoms with Crippen molar-refractivity contribution in [3.8, 4) is 0 Å². The molecule has 8 nitrogen and oxygen atoms in total. The molecule has 1 aliphatic rings. The highest BCUT2D eigenvalue weighted by Gasteiger charge is 2.28. The first kappa shape index (κ1) is 22.3. The van der Waals surface area contributed by atoms with Crippen molar-refractivity contribution in [1.29, 1.82) is 0 Å². The summed E-state index contributed by atoms with van der Waals surface area (Å²) in [7, 11) is -0.345. The summed E-state index contributed by atoms with van der Waals surface area (Å²) in [5, 5.41) is 3.40. The van der Waals surface area contributed by atoms with Crippen LogP contribution in [0.25, 0.3) is 0 Å². The molecule has 1 aromatic carbocycles. The lowest BCUT2D eigenvalue weighted by atomic mass is 9.93. The van der Waals surface area contributed by atoms with E-state index in [9.17, 15) is 8.42 Å². The van der Waals surface area contributed by atoms with E-state index in [4.69, 9.17) is 4.99 Å². The van der Waals surface area contributed by atoms with Crippen molar-refractivity contribution in [1.82, 2.24) is 24.1 Å². The Bertz CT molecular complexity index is 938. The molecule has 164 valence electrons. The van der Waals surface area contributed by atoms with Gasteiger partial charge in [-0.2, -0.15) is 0 Å². The average Bonchev–Trinajstić information content (AvgIpc) is 3.26. The molecule has 0 bridgehead atoms. The number of aromatic nitrogens is 2. The summed E-state index contributed by atoms with van der Waals surface area (Å²) in [6, 6.07) is 7.31. The molecule has 0 amide bonds. The van der Waals surface area contributed by atoms with Gasteiger partial charge in [0.2, 0.25) is 10.0 Å². The molecule has 0 saturated carbocycles. The van der Waals surface area contributed by atoms with Gasteiger partial charge < -0.3 is 14.8 Å².